The number of rotatable bonds is 1. The summed E-state index contributed by atoms with van der Waals surface area (Å²) in [4.78, 5) is 0. The van der Waals surface area contributed by atoms with Gasteiger partial charge in [-0.15, -0.1) is 0 Å². The Hall–Kier alpha value is -1.83. The van der Waals surface area contributed by atoms with E-state index in [2.05, 4.69) is 17.6 Å². The summed E-state index contributed by atoms with van der Waals surface area (Å²) in [5.74, 6) is 0. The van der Waals surface area contributed by atoms with E-state index in [9.17, 15) is 0 Å². The van der Waals surface area contributed by atoms with Gasteiger partial charge in [-0.3, -0.25) is 0 Å². The molecule has 14 heavy (non-hydrogen) atoms. The molecule has 1 aromatic carbocycles. The molecule has 2 aromatic rings. The van der Waals surface area contributed by atoms with E-state index in [1.807, 2.05) is 42.6 Å². The zero-order valence-electron chi connectivity index (χ0n) is 8.14. The summed E-state index contributed by atoms with van der Waals surface area (Å²) in [6.07, 6.45) is 2.01. The van der Waals surface area contributed by atoms with Gasteiger partial charge in [-0.05, 0) is 6.07 Å². The number of aryl methyl sites for hydroxylation is 1. The number of anilines is 1. The van der Waals surface area contributed by atoms with Crippen molar-refractivity contribution in [1.29, 1.82) is 0 Å². The maximum Gasteiger partial charge on any atom is 0.233 e. The first-order valence-corrected chi connectivity index (χ1v) is 4.61. The summed E-state index contributed by atoms with van der Waals surface area (Å²) in [7, 11) is 0. The van der Waals surface area contributed by atoms with Crippen molar-refractivity contribution in [2.24, 2.45) is 0 Å². The van der Waals surface area contributed by atoms with E-state index in [0.717, 1.165) is 11.4 Å². The minimum Gasteiger partial charge on any atom is -0.393 e. The van der Waals surface area contributed by atoms with Gasteiger partial charge in [-0.1, -0.05) is 18.2 Å². The lowest BCUT2D eigenvalue weighted by Gasteiger charge is -2.01. The topological polar surface area (TPSA) is 29.9 Å². The minimum absolute atomic E-state index is 0.798. The third kappa shape index (κ3) is 1.46. The highest BCUT2D eigenvalue weighted by Crippen LogP contribution is 2.10. The summed E-state index contributed by atoms with van der Waals surface area (Å²) >= 11 is 0. The highest BCUT2D eigenvalue weighted by Gasteiger charge is 2.11. The first-order valence-electron chi connectivity index (χ1n) is 4.61. The zero-order chi connectivity index (χ0) is 9.97. The molecule has 1 aromatic heterocycles. The van der Waals surface area contributed by atoms with Gasteiger partial charge in [0.05, 0.1) is 0 Å². The number of pyridine rings is 1. The molecule has 0 amide bonds. The standard InChI is InChI=1S/C12H13N2/c1-10-6-4-5-9-14(10)12-8-3-2-7-11(12)13/h2-9H,13H2,1H3/q+1. The molecule has 2 rings (SSSR count). The van der Waals surface area contributed by atoms with Crippen LogP contribution in [0.25, 0.3) is 5.69 Å². The number of hydrogen-bond donors (Lipinski definition) is 1. The van der Waals surface area contributed by atoms with Crippen LogP contribution in [0.5, 0.6) is 0 Å². The van der Waals surface area contributed by atoms with Crippen molar-refractivity contribution in [3.8, 4) is 5.69 Å². The Morgan fingerprint density at radius 1 is 1.00 bits per heavy atom. The Balaban J connectivity index is 2.61. The lowest BCUT2D eigenvalue weighted by atomic mass is 10.2. The van der Waals surface area contributed by atoms with Crippen LogP contribution in [0.1, 0.15) is 5.69 Å². The van der Waals surface area contributed by atoms with E-state index < -0.39 is 0 Å². The first-order chi connectivity index (χ1) is 6.79. The predicted octanol–water partition coefficient (Wildman–Crippen LogP) is 1.85. The van der Waals surface area contributed by atoms with Crippen LogP contribution in [-0.4, -0.2) is 0 Å². The smallest absolute Gasteiger partial charge is 0.233 e. The Kier molecular flexibility index (Phi) is 2.19. The van der Waals surface area contributed by atoms with Gasteiger partial charge < -0.3 is 5.73 Å². The van der Waals surface area contributed by atoms with E-state index in [-0.39, 0.29) is 0 Å². The second kappa shape index (κ2) is 3.50. The number of hydrogen-bond acceptors (Lipinski definition) is 1. The molecule has 0 fully saturated rings. The normalized spacial score (nSPS) is 10.1. The minimum atomic E-state index is 0.798. The molecule has 0 spiro atoms. The van der Waals surface area contributed by atoms with Gasteiger partial charge in [0.2, 0.25) is 5.69 Å². The average Bonchev–Trinajstić information content (AvgIpc) is 2.20. The molecule has 70 valence electrons. The van der Waals surface area contributed by atoms with Gasteiger partial charge in [0.15, 0.2) is 11.9 Å². The summed E-state index contributed by atoms with van der Waals surface area (Å²) in [6.45, 7) is 2.06. The first kappa shape index (κ1) is 8.75. The molecule has 2 nitrogen and oxygen atoms in total. The van der Waals surface area contributed by atoms with Crippen molar-refractivity contribution in [3.05, 3.63) is 54.4 Å². The van der Waals surface area contributed by atoms with E-state index in [4.69, 9.17) is 5.73 Å². The highest BCUT2D eigenvalue weighted by molar-refractivity contribution is 5.52. The fourth-order valence-electron chi connectivity index (χ4n) is 1.51. The second-order valence-electron chi connectivity index (χ2n) is 3.27. The van der Waals surface area contributed by atoms with Gasteiger partial charge in [-0.25, -0.2) is 0 Å². The maximum absolute atomic E-state index is 5.90. The Labute approximate surface area is 83.6 Å². The quantitative estimate of drug-likeness (QED) is 0.533. The molecule has 2 heteroatoms. The monoisotopic (exact) mass is 185 g/mol. The number of para-hydroxylation sites is 2. The average molecular weight is 185 g/mol. The molecule has 2 N–H and O–H groups in total. The van der Waals surface area contributed by atoms with Crippen LogP contribution in [0, 0.1) is 6.92 Å². The molecule has 0 aliphatic carbocycles. The van der Waals surface area contributed by atoms with Crippen LogP contribution < -0.4 is 10.3 Å². The predicted molar refractivity (Wildman–Crippen MR) is 57.1 cm³/mol. The SMILES string of the molecule is Cc1cccc[n+]1-c1ccccc1N. The molecule has 0 unspecified atom stereocenters. The maximum atomic E-state index is 5.90. The van der Waals surface area contributed by atoms with Crippen molar-refractivity contribution in [3.63, 3.8) is 0 Å². The van der Waals surface area contributed by atoms with Crippen molar-refractivity contribution in [2.45, 2.75) is 6.92 Å². The van der Waals surface area contributed by atoms with Crippen molar-refractivity contribution in [1.82, 2.24) is 0 Å². The molecule has 0 saturated heterocycles. The Morgan fingerprint density at radius 3 is 2.43 bits per heavy atom. The molecular weight excluding hydrogens is 172 g/mol. The third-order valence-electron chi connectivity index (χ3n) is 2.26. The van der Waals surface area contributed by atoms with Crippen molar-refractivity contribution < 1.29 is 4.57 Å². The summed E-state index contributed by atoms with van der Waals surface area (Å²) in [5.41, 5.74) is 8.90. The van der Waals surface area contributed by atoms with Gasteiger partial charge in [0.1, 0.15) is 5.69 Å². The largest absolute Gasteiger partial charge is 0.393 e. The molecular formula is C12H13N2+. The van der Waals surface area contributed by atoms with Gasteiger partial charge in [-0.2, -0.15) is 4.57 Å². The van der Waals surface area contributed by atoms with Crippen molar-refractivity contribution in [2.75, 3.05) is 5.73 Å². The third-order valence-corrected chi connectivity index (χ3v) is 2.26. The summed E-state index contributed by atoms with van der Waals surface area (Å²) in [6, 6.07) is 13.9. The summed E-state index contributed by atoms with van der Waals surface area (Å²) in [5, 5.41) is 0. The molecule has 0 saturated carbocycles. The van der Waals surface area contributed by atoms with E-state index >= 15 is 0 Å². The van der Waals surface area contributed by atoms with E-state index in [0.29, 0.717) is 0 Å². The van der Waals surface area contributed by atoms with Gasteiger partial charge in [0, 0.05) is 25.1 Å². The zero-order valence-corrected chi connectivity index (χ0v) is 8.14. The van der Waals surface area contributed by atoms with Crippen LogP contribution in [0.3, 0.4) is 0 Å². The molecule has 1 heterocycles. The van der Waals surface area contributed by atoms with E-state index in [1.54, 1.807) is 0 Å². The molecule has 0 radical (unpaired) electrons. The highest BCUT2D eigenvalue weighted by atomic mass is 15.0. The van der Waals surface area contributed by atoms with Crippen LogP contribution in [0.2, 0.25) is 0 Å². The number of nitrogens with zero attached hydrogens (tertiary/aromatic N) is 1. The molecule has 0 atom stereocenters. The molecule has 0 aliphatic heterocycles. The van der Waals surface area contributed by atoms with Gasteiger partial charge >= 0.3 is 0 Å². The fourth-order valence-corrected chi connectivity index (χ4v) is 1.51. The van der Waals surface area contributed by atoms with Gasteiger partial charge in [0.25, 0.3) is 0 Å². The summed E-state index contributed by atoms with van der Waals surface area (Å²) < 4.78 is 2.08. The number of nitrogens with two attached hydrogens (primary N) is 1. The number of benzene rings is 1. The van der Waals surface area contributed by atoms with Crippen LogP contribution in [0.15, 0.2) is 48.7 Å². The fraction of sp³-hybridized carbons (Fsp3) is 0.0833. The molecule has 0 bridgehead atoms. The Morgan fingerprint density at radius 2 is 1.71 bits per heavy atom. The van der Waals surface area contributed by atoms with Crippen LogP contribution in [-0.2, 0) is 0 Å². The molecule has 0 aliphatic rings. The van der Waals surface area contributed by atoms with E-state index in [1.165, 1.54) is 5.69 Å². The lowest BCUT2D eigenvalue weighted by Crippen LogP contribution is -2.34. The van der Waals surface area contributed by atoms with Crippen LogP contribution >= 0.6 is 0 Å². The Bertz CT molecular complexity index is 406. The second-order valence-corrected chi connectivity index (χ2v) is 3.27. The van der Waals surface area contributed by atoms with Crippen molar-refractivity contribution >= 4 is 5.69 Å². The number of nitrogen functional groups attached to an aromatic ring is 1. The van der Waals surface area contributed by atoms with Crippen LogP contribution in [0.4, 0.5) is 5.69 Å². The lowest BCUT2D eigenvalue weighted by molar-refractivity contribution is -0.601. The number of aromatic nitrogens is 1.